The summed E-state index contributed by atoms with van der Waals surface area (Å²) in [6, 6.07) is 20.6. The van der Waals surface area contributed by atoms with Crippen LogP contribution in [0, 0.1) is 0 Å². The fourth-order valence-corrected chi connectivity index (χ4v) is 6.45. The minimum absolute atomic E-state index is 0.0151. The van der Waals surface area contributed by atoms with Crippen LogP contribution in [0.2, 0.25) is 5.02 Å². The zero-order valence-electron chi connectivity index (χ0n) is 21.2. The molecule has 9 nitrogen and oxygen atoms in total. The number of nitrogens with zero attached hydrogens (tertiary/aromatic N) is 3. The number of carbonyl (C=O) groups is 2. The first-order valence-corrected chi connectivity index (χ1v) is 15.0. The number of fused-ring (bicyclic) bond motifs is 3. The van der Waals surface area contributed by atoms with E-state index >= 15 is 0 Å². The molecule has 4 aromatic rings. The number of ether oxygens (including phenoxy) is 1. The Kier molecular flexibility index (Phi) is 8.06. The molecule has 0 radical (unpaired) electrons. The molecule has 1 aliphatic rings. The Morgan fingerprint density at radius 2 is 1.80 bits per heavy atom. The largest absolute Gasteiger partial charge is 0.462 e. The summed E-state index contributed by atoms with van der Waals surface area (Å²) in [5, 5.41) is 3.40. The molecule has 1 amide bonds. The molecule has 0 fully saturated rings. The summed E-state index contributed by atoms with van der Waals surface area (Å²) in [5.41, 5.74) is 2.98. The highest BCUT2D eigenvalue weighted by Crippen LogP contribution is 2.44. The quantitative estimate of drug-likeness (QED) is 0.163. The maximum Gasteiger partial charge on any atom is 0.338 e. The molecule has 0 saturated heterocycles. The number of hydrogen-bond acceptors (Lipinski definition) is 8. The van der Waals surface area contributed by atoms with Crippen molar-refractivity contribution in [2.75, 3.05) is 22.0 Å². The van der Waals surface area contributed by atoms with Crippen LogP contribution >= 0.6 is 23.4 Å². The average molecular weight is 595 g/mol. The molecule has 1 aromatic heterocycles. The van der Waals surface area contributed by atoms with Gasteiger partial charge in [-0.15, -0.1) is 0 Å². The minimum atomic E-state index is -3.99. The molecule has 0 bridgehead atoms. The normalized spacial score (nSPS) is 13.2. The predicted octanol–water partition coefficient (Wildman–Crippen LogP) is 5.41. The molecule has 0 unspecified atom stereocenters. The van der Waals surface area contributed by atoms with Crippen LogP contribution in [-0.2, 0) is 26.1 Å². The lowest BCUT2D eigenvalue weighted by molar-refractivity contribution is -0.113. The van der Waals surface area contributed by atoms with E-state index in [1.165, 1.54) is 10.5 Å². The monoisotopic (exact) mass is 594 g/mol. The van der Waals surface area contributed by atoms with Crippen LogP contribution in [0.15, 0.2) is 89.0 Å². The van der Waals surface area contributed by atoms with E-state index in [0.29, 0.717) is 27.5 Å². The molecule has 0 atom stereocenters. The van der Waals surface area contributed by atoms with Gasteiger partial charge in [-0.2, -0.15) is 0 Å². The lowest BCUT2D eigenvalue weighted by atomic mass is 10.1. The Hall–Kier alpha value is -3.93. The van der Waals surface area contributed by atoms with Gasteiger partial charge >= 0.3 is 5.97 Å². The van der Waals surface area contributed by atoms with E-state index in [-0.39, 0.29) is 40.6 Å². The standard InChI is InChI=1S/C28H23ClN4O5S2/c1-2-38-27(35)19-8-11-21(12-9-19)31-25(34)17-39-28-30-15-24-26(32-28)22-13-10-20(29)14-23(22)33(40(24,36)37)16-18-6-4-3-5-7-18/h3-15H,2,16-17H2,1H3,(H,31,34). The van der Waals surface area contributed by atoms with Gasteiger partial charge in [0.15, 0.2) is 5.16 Å². The van der Waals surface area contributed by atoms with Crippen molar-refractivity contribution in [2.45, 2.75) is 23.5 Å². The topological polar surface area (TPSA) is 119 Å². The van der Waals surface area contributed by atoms with Crippen LogP contribution in [0.1, 0.15) is 22.8 Å². The molecule has 204 valence electrons. The van der Waals surface area contributed by atoms with Crippen LogP contribution in [-0.4, -0.2) is 42.6 Å². The number of aromatic nitrogens is 2. The number of thioether (sulfide) groups is 1. The van der Waals surface area contributed by atoms with Crippen molar-refractivity contribution in [1.82, 2.24) is 9.97 Å². The Morgan fingerprint density at radius 3 is 2.52 bits per heavy atom. The molecule has 0 spiro atoms. The number of rotatable bonds is 8. The first kappa shape index (κ1) is 27.6. The number of halogens is 1. The van der Waals surface area contributed by atoms with E-state index < -0.39 is 16.0 Å². The van der Waals surface area contributed by atoms with Crippen LogP contribution < -0.4 is 9.62 Å². The first-order chi connectivity index (χ1) is 19.3. The third-order valence-electron chi connectivity index (χ3n) is 5.97. The summed E-state index contributed by atoms with van der Waals surface area (Å²) >= 11 is 7.33. The Bertz CT molecular complexity index is 1680. The highest BCUT2D eigenvalue weighted by molar-refractivity contribution is 7.99. The van der Waals surface area contributed by atoms with E-state index in [9.17, 15) is 18.0 Å². The zero-order valence-corrected chi connectivity index (χ0v) is 23.6. The Labute approximate surface area is 240 Å². The smallest absolute Gasteiger partial charge is 0.338 e. The molecular formula is C28H23ClN4O5S2. The third kappa shape index (κ3) is 5.81. The maximum atomic E-state index is 13.7. The van der Waals surface area contributed by atoms with Crippen molar-refractivity contribution >= 4 is 56.6 Å². The van der Waals surface area contributed by atoms with Crippen molar-refractivity contribution in [3.05, 3.63) is 95.1 Å². The molecule has 5 rings (SSSR count). The number of anilines is 2. The van der Waals surface area contributed by atoms with Crippen LogP contribution in [0.4, 0.5) is 11.4 Å². The summed E-state index contributed by atoms with van der Waals surface area (Å²) in [4.78, 5) is 33.1. The van der Waals surface area contributed by atoms with Gasteiger partial charge in [0.2, 0.25) is 5.91 Å². The van der Waals surface area contributed by atoms with Gasteiger partial charge in [-0.25, -0.2) is 23.2 Å². The number of esters is 1. The zero-order chi connectivity index (χ0) is 28.3. The van der Waals surface area contributed by atoms with Crippen molar-refractivity contribution in [1.29, 1.82) is 0 Å². The van der Waals surface area contributed by atoms with Gasteiger partial charge in [0.25, 0.3) is 10.0 Å². The number of benzene rings is 3. The van der Waals surface area contributed by atoms with Gasteiger partial charge in [-0.05, 0) is 55.0 Å². The molecule has 0 aliphatic carbocycles. The summed E-state index contributed by atoms with van der Waals surface area (Å²) in [6.07, 6.45) is 1.28. The van der Waals surface area contributed by atoms with Gasteiger partial charge in [-0.1, -0.05) is 53.7 Å². The first-order valence-electron chi connectivity index (χ1n) is 12.2. The van der Waals surface area contributed by atoms with Gasteiger partial charge in [0.05, 0.1) is 42.0 Å². The molecule has 1 N–H and O–H groups in total. The van der Waals surface area contributed by atoms with E-state index in [1.54, 1.807) is 49.4 Å². The molecule has 12 heteroatoms. The average Bonchev–Trinajstić information content (AvgIpc) is 2.95. The number of carbonyl (C=O) groups excluding carboxylic acids is 2. The van der Waals surface area contributed by atoms with Crippen molar-refractivity contribution in [3.63, 3.8) is 0 Å². The fraction of sp³-hybridized carbons (Fsp3) is 0.143. The molecule has 2 heterocycles. The highest BCUT2D eigenvalue weighted by Gasteiger charge is 2.37. The van der Waals surface area contributed by atoms with E-state index in [1.807, 2.05) is 30.3 Å². The van der Waals surface area contributed by atoms with E-state index in [4.69, 9.17) is 16.3 Å². The van der Waals surface area contributed by atoms with Gasteiger partial charge < -0.3 is 10.1 Å². The summed E-state index contributed by atoms with van der Waals surface area (Å²) < 4.78 is 33.6. The van der Waals surface area contributed by atoms with Crippen LogP contribution in [0.5, 0.6) is 0 Å². The van der Waals surface area contributed by atoms with Crippen molar-refractivity contribution in [2.24, 2.45) is 0 Å². The van der Waals surface area contributed by atoms with E-state index in [2.05, 4.69) is 15.3 Å². The van der Waals surface area contributed by atoms with Crippen LogP contribution in [0.3, 0.4) is 0 Å². The van der Waals surface area contributed by atoms with Gasteiger partial charge in [0.1, 0.15) is 4.90 Å². The second-order valence-corrected chi connectivity index (χ2v) is 11.9. The molecule has 3 aromatic carbocycles. The van der Waals surface area contributed by atoms with E-state index in [0.717, 1.165) is 17.3 Å². The minimum Gasteiger partial charge on any atom is -0.462 e. The van der Waals surface area contributed by atoms with Gasteiger partial charge in [-0.3, -0.25) is 9.10 Å². The van der Waals surface area contributed by atoms with Crippen molar-refractivity contribution in [3.8, 4) is 11.3 Å². The SMILES string of the molecule is CCOC(=O)c1ccc(NC(=O)CSc2ncc3c(n2)-c2ccc(Cl)cc2N(Cc2ccccc2)S3(=O)=O)cc1. The Balaban J connectivity index is 1.34. The number of hydrogen-bond donors (Lipinski definition) is 1. The molecular weight excluding hydrogens is 572 g/mol. The lowest BCUT2D eigenvalue weighted by Gasteiger charge is -2.31. The van der Waals surface area contributed by atoms with Gasteiger partial charge in [0, 0.05) is 16.3 Å². The van der Waals surface area contributed by atoms with Crippen molar-refractivity contribution < 1.29 is 22.7 Å². The second-order valence-electron chi connectivity index (χ2n) is 8.66. The summed E-state index contributed by atoms with van der Waals surface area (Å²) in [7, 11) is -3.99. The maximum absolute atomic E-state index is 13.7. The molecule has 1 aliphatic heterocycles. The predicted molar refractivity (Wildman–Crippen MR) is 154 cm³/mol. The fourth-order valence-electron chi connectivity index (χ4n) is 4.12. The lowest BCUT2D eigenvalue weighted by Crippen LogP contribution is -2.34. The molecule has 40 heavy (non-hydrogen) atoms. The Morgan fingerprint density at radius 1 is 1.05 bits per heavy atom. The summed E-state index contributed by atoms with van der Waals surface area (Å²) in [6.45, 7) is 2.12. The number of sulfonamides is 1. The summed E-state index contributed by atoms with van der Waals surface area (Å²) in [5.74, 6) is -0.766. The number of nitrogens with one attached hydrogen (secondary N) is 1. The third-order valence-corrected chi connectivity index (χ3v) is 8.82. The second kappa shape index (κ2) is 11.7. The van der Waals surface area contributed by atoms with Crippen LogP contribution in [0.25, 0.3) is 11.3 Å². The molecule has 0 saturated carbocycles. The highest BCUT2D eigenvalue weighted by atomic mass is 35.5. The number of amides is 1.